The maximum Gasteiger partial charge on any atom is 0.338 e. The molecule has 1 aromatic carbocycles. The molecule has 1 saturated heterocycles. The molecule has 1 aliphatic heterocycles. The fourth-order valence-electron chi connectivity index (χ4n) is 2.49. The number of esters is 1. The number of rotatable bonds is 7. The number of nitro groups is 1. The lowest BCUT2D eigenvalue weighted by atomic mass is 10.0. The molecular formula is C15H20N2O6. The van der Waals surface area contributed by atoms with Crippen molar-refractivity contribution in [3.63, 3.8) is 0 Å². The highest BCUT2D eigenvalue weighted by Gasteiger charge is 2.30. The molecule has 0 unspecified atom stereocenters. The number of hydrogen-bond donors (Lipinski definition) is 1. The number of nitro benzene ring substituents is 1. The Bertz CT molecular complexity index is 577. The van der Waals surface area contributed by atoms with Gasteiger partial charge in [0, 0.05) is 19.1 Å². The average Bonchev–Trinajstić information content (AvgIpc) is 2.95. The first kappa shape index (κ1) is 17.2. The van der Waals surface area contributed by atoms with E-state index in [-0.39, 0.29) is 35.5 Å². The van der Waals surface area contributed by atoms with Gasteiger partial charge >= 0.3 is 5.97 Å². The molecular weight excluding hydrogens is 304 g/mol. The fraction of sp³-hybridized carbons (Fsp3) is 0.533. The van der Waals surface area contributed by atoms with Crippen molar-refractivity contribution in [2.45, 2.75) is 13.0 Å². The summed E-state index contributed by atoms with van der Waals surface area (Å²) in [7, 11) is 1.60. The Morgan fingerprint density at radius 1 is 1.48 bits per heavy atom. The Labute approximate surface area is 133 Å². The Kier molecular flexibility index (Phi) is 5.89. The van der Waals surface area contributed by atoms with Gasteiger partial charge in [-0.15, -0.1) is 0 Å². The maximum atomic E-state index is 11.8. The molecule has 126 valence electrons. The summed E-state index contributed by atoms with van der Waals surface area (Å²) in [6.07, 6.45) is 0. The summed E-state index contributed by atoms with van der Waals surface area (Å²) in [6.45, 7) is 3.38. The lowest BCUT2D eigenvalue weighted by Gasteiger charge is -2.19. The zero-order valence-electron chi connectivity index (χ0n) is 13.1. The van der Waals surface area contributed by atoms with Crippen LogP contribution in [0.3, 0.4) is 0 Å². The van der Waals surface area contributed by atoms with Crippen molar-refractivity contribution in [3.05, 3.63) is 33.9 Å². The van der Waals surface area contributed by atoms with Crippen molar-refractivity contribution in [1.82, 2.24) is 0 Å². The molecule has 0 spiro atoms. The van der Waals surface area contributed by atoms with Gasteiger partial charge in [-0.1, -0.05) is 0 Å². The number of benzene rings is 1. The van der Waals surface area contributed by atoms with E-state index in [0.29, 0.717) is 19.8 Å². The second-order valence-corrected chi connectivity index (χ2v) is 5.21. The van der Waals surface area contributed by atoms with Gasteiger partial charge in [0.15, 0.2) is 0 Å². The molecule has 0 aliphatic carbocycles. The molecule has 8 heteroatoms. The molecule has 2 rings (SSSR count). The number of hydrogen-bond acceptors (Lipinski definition) is 7. The smallest absolute Gasteiger partial charge is 0.338 e. The maximum absolute atomic E-state index is 11.8. The minimum absolute atomic E-state index is 0.0888. The van der Waals surface area contributed by atoms with E-state index >= 15 is 0 Å². The van der Waals surface area contributed by atoms with Crippen molar-refractivity contribution in [2.75, 3.05) is 38.9 Å². The molecule has 0 aromatic heterocycles. The first-order valence-electron chi connectivity index (χ1n) is 7.35. The number of nitrogens with one attached hydrogen (secondary N) is 1. The van der Waals surface area contributed by atoms with Crippen LogP contribution in [0.2, 0.25) is 0 Å². The molecule has 1 N–H and O–H groups in total. The van der Waals surface area contributed by atoms with Crippen LogP contribution in [0.5, 0.6) is 0 Å². The highest BCUT2D eigenvalue weighted by Crippen LogP contribution is 2.29. The molecule has 1 aliphatic rings. The van der Waals surface area contributed by atoms with Gasteiger partial charge in [-0.25, -0.2) is 4.79 Å². The lowest BCUT2D eigenvalue weighted by molar-refractivity contribution is -0.384. The zero-order valence-corrected chi connectivity index (χ0v) is 13.1. The SMILES string of the molecule is CCOC(=O)c1ccc([N+](=O)[O-])c(N[C@@H]2COC[C@@H]2COC)c1. The zero-order chi connectivity index (χ0) is 16.8. The van der Waals surface area contributed by atoms with Crippen LogP contribution in [0.25, 0.3) is 0 Å². The van der Waals surface area contributed by atoms with Gasteiger partial charge in [-0.05, 0) is 19.1 Å². The van der Waals surface area contributed by atoms with E-state index in [4.69, 9.17) is 14.2 Å². The van der Waals surface area contributed by atoms with E-state index in [0.717, 1.165) is 0 Å². The summed E-state index contributed by atoms with van der Waals surface area (Å²) in [5.74, 6) is -0.424. The standard InChI is InChI=1S/C15H20N2O6/c1-3-23-15(18)10-4-5-14(17(19)20)12(6-10)16-13-9-22-8-11(13)7-21-2/h4-6,11,13,16H,3,7-9H2,1-2H3/t11-,13+/m0/s1. The molecule has 0 bridgehead atoms. The van der Waals surface area contributed by atoms with E-state index in [1.165, 1.54) is 18.2 Å². The Balaban J connectivity index is 2.25. The van der Waals surface area contributed by atoms with Crippen LogP contribution in [0.1, 0.15) is 17.3 Å². The first-order chi connectivity index (χ1) is 11.1. The van der Waals surface area contributed by atoms with Crippen LogP contribution in [-0.2, 0) is 14.2 Å². The highest BCUT2D eigenvalue weighted by molar-refractivity contribution is 5.91. The van der Waals surface area contributed by atoms with Crippen molar-refractivity contribution in [2.24, 2.45) is 5.92 Å². The highest BCUT2D eigenvalue weighted by atomic mass is 16.6. The first-order valence-corrected chi connectivity index (χ1v) is 7.35. The van der Waals surface area contributed by atoms with Crippen LogP contribution in [0.4, 0.5) is 11.4 Å². The minimum Gasteiger partial charge on any atom is -0.462 e. The summed E-state index contributed by atoms with van der Waals surface area (Å²) in [5.41, 5.74) is 0.445. The molecule has 0 amide bonds. The third-order valence-corrected chi connectivity index (χ3v) is 3.62. The van der Waals surface area contributed by atoms with Crippen LogP contribution < -0.4 is 5.32 Å². The molecule has 2 atom stereocenters. The van der Waals surface area contributed by atoms with Gasteiger partial charge in [-0.3, -0.25) is 10.1 Å². The Morgan fingerprint density at radius 3 is 2.91 bits per heavy atom. The van der Waals surface area contributed by atoms with E-state index in [1.807, 2.05) is 0 Å². The summed E-state index contributed by atoms with van der Waals surface area (Å²) >= 11 is 0. The van der Waals surface area contributed by atoms with Crippen molar-refractivity contribution >= 4 is 17.3 Å². The van der Waals surface area contributed by atoms with Gasteiger partial charge in [-0.2, -0.15) is 0 Å². The van der Waals surface area contributed by atoms with Crippen LogP contribution >= 0.6 is 0 Å². The molecule has 23 heavy (non-hydrogen) atoms. The van der Waals surface area contributed by atoms with Gasteiger partial charge in [0.2, 0.25) is 0 Å². The number of carbonyl (C=O) groups is 1. The lowest BCUT2D eigenvalue weighted by Crippen LogP contribution is -2.31. The molecule has 1 fully saturated rings. The number of nitrogens with zero attached hydrogens (tertiary/aromatic N) is 1. The van der Waals surface area contributed by atoms with Gasteiger partial charge in [0.25, 0.3) is 5.69 Å². The molecule has 1 aromatic rings. The molecule has 0 saturated carbocycles. The number of methoxy groups -OCH3 is 1. The average molecular weight is 324 g/mol. The third-order valence-electron chi connectivity index (χ3n) is 3.62. The monoisotopic (exact) mass is 324 g/mol. The molecule has 1 heterocycles. The van der Waals surface area contributed by atoms with Crippen molar-refractivity contribution in [1.29, 1.82) is 0 Å². The number of anilines is 1. The number of ether oxygens (including phenoxy) is 3. The van der Waals surface area contributed by atoms with E-state index in [2.05, 4.69) is 5.32 Å². The van der Waals surface area contributed by atoms with Crippen molar-refractivity contribution in [3.8, 4) is 0 Å². The largest absolute Gasteiger partial charge is 0.462 e. The Hall–Kier alpha value is -2.19. The third kappa shape index (κ3) is 4.17. The van der Waals surface area contributed by atoms with Crippen LogP contribution in [0, 0.1) is 16.0 Å². The molecule has 8 nitrogen and oxygen atoms in total. The van der Waals surface area contributed by atoms with Gasteiger partial charge in [0.1, 0.15) is 5.69 Å². The predicted octanol–water partition coefficient (Wildman–Crippen LogP) is 1.84. The second kappa shape index (κ2) is 7.89. The van der Waals surface area contributed by atoms with E-state index in [1.54, 1.807) is 14.0 Å². The van der Waals surface area contributed by atoms with Gasteiger partial charge in [0.05, 0.1) is 43.0 Å². The fourth-order valence-corrected chi connectivity index (χ4v) is 2.49. The second-order valence-electron chi connectivity index (χ2n) is 5.21. The predicted molar refractivity (Wildman–Crippen MR) is 82.6 cm³/mol. The molecule has 0 radical (unpaired) electrons. The van der Waals surface area contributed by atoms with Crippen molar-refractivity contribution < 1.29 is 23.9 Å². The van der Waals surface area contributed by atoms with E-state index in [9.17, 15) is 14.9 Å². The normalized spacial score (nSPS) is 20.3. The topological polar surface area (TPSA) is 99.9 Å². The summed E-state index contributed by atoms with van der Waals surface area (Å²) in [4.78, 5) is 22.5. The summed E-state index contributed by atoms with van der Waals surface area (Å²) in [5, 5.41) is 14.3. The Morgan fingerprint density at radius 2 is 2.26 bits per heavy atom. The van der Waals surface area contributed by atoms with E-state index < -0.39 is 10.9 Å². The van der Waals surface area contributed by atoms with Crippen LogP contribution in [0.15, 0.2) is 18.2 Å². The van der Waals surface area contributed by atoms with Gasteiger partial charge < -0.3 is 19.5 Å². The number of carbonyl (C=O) groups excluding carboxylic acids is 1. The summed E-state index contributed by atoms with van der Waals surface area (Å²) in [6, 6.07) is 4.01. The summed E-state index contributed by atoms with van der Waals surface area (Å²) < 4.78 is 15.5. The van der Waals surface area contributed by atoms with Crippen LogP contribution in [-0.4, -0.2) is 50.5 Å². The minimum atomic E-state index is -0.512. The quantitative estimate of drug-likeness (QED) is 0.464.